The molecule has 0 N–H and O–H groups in total. The molecule has 0 bridgehead atoms. The van der Waals surface area contributed by atoms with Gasteiger partial charge in [-0.2, -0.15) is 9.78 Å². The smallest absolute Gasteiger partial charge is 0.337 e. The zero-order chi connectivity index (χ0) is 22.7. The molecule has 0 amide bonds. The molecular weight excluding hydrogens is 426 g/mol. The summed E-state index contributed by atoms with van der Waals surface area (Å²) < 4.78 is 11.7. The van der Waals surface area contributed by atoms with Gasteiger partial charge in [0.2, 0.25) is 0 Å². The summed E-state index contributed by atoms with van der Waals surface area (Å²) in [5.74, 6) is 0.331. The van der Waals surface area contributed by atoms with E-state index in [0.717, 1.165) is 26.4 Å². The van der Waals surface area contributed by atoms with Gasteiger partial charge in [-0.3, -0.25) is 4.79 Å². The van der Waals surface area contributed by atoms with Gasteiger partial charge in [0.05, 0.1) is 24.3 Å². The number of thiophene rings is 1. The Balaban J connectivity index is 1.42. The van der Waals surface area contributed by atoms with Gasteiger partial charge < -0.3 is 9.47 Å². The van der Waals surface area contributed by atoms with E-state index in [9.17, 15) is 9.59 Å². The third-order valence-corrected chi connectivity index (χ3v) is 6.18. The minimum atomic E-state index is -0.367. The molecule has 0 saturated heterocycles. The number of rotatable bonds is 6. The molecule has 0 unspecified atom stereocenters. The van der Waals surface area contributed by atoms with E-state index in [-0.39, 0.29) is 11.5 Å². The number of hydrogen-bond donors (Lipinski definition) is 0. The molecule has 0 spiro atoms. The van der Waals surface area contributed by atoms with Gasteiger partial charge in [-0.1, -0.05) is 12.1 Å². The lowest BCUT2D eigenvalue weighted by Crippen LogP contribution is -2.16. The van der Waals surface area contributed by atoms with Crippen LogP contribution in [0.15, 0.2) is 64.8 Å². The number of methoxy groups -OCH3 is 1. The van der Waals surface area contributed by atoms with Crippen molar-refractivity contribution >= 4 is 33.7 Å². The SMILES string of the molecule is COC(=O)c1ccc(COc2ccc(/C=N\n3cnc4sc(C)c(C)c4c3=O)cc2)cc1. The van der Waals surface area contributed by atoms with Crippen molar-refractivity contribution in [2.75, 3.05) is 7.11 Å². The second-order valence-corrected chi connectivity index (χ2v) is 8.35. The van der Waals surface area contributed by atoms with Crippen molar-refractivity contribution in [1.82, 2.24) is 9.66 Å². The van der Waals surface area contributed by atoms with Crippen LogP contribution >= 0.6 is 11.3 Å². The molecule has 32 heavy (non-hydrogen) atoms. The molecule has 0 radical (unpaired) electrons. The number of benzene rings is 2. The molecule has 162 valence electrons. The normalized spacial score (nSPS) is 11.2. The van der Waals surface area contributed by atoms with E-state index in [1.54, 1.807) is 18.3 Å². The molecule has 2 heterocycles. The second kappa shape index (κ2) is 9.15. The van der Waals surface area contributed by atoms with E-state index in [0.29, 0.717) is 23.3 Å². The van der Waals surface area contributed by atoms with Crippen molar-refractivity contribution in [2.24, 2.45) is 5.10 Å². The van der Waals surface area contributed by atoms with E-state index in [2.05, 4.69) is 10.1 Å². The van der Waals surface area contributed by atoms with Gasteiger partial charge in [0.25, 0.3) is 5.56 Å². The van der Waals surface area contributed by atoms with Gasteiger partial charge in [0.1, 0.15) is 23.5 Å². The van der Waals surface area contributed by atoms with Gasteiger partial charge in [-0.05, 0) is 66.9 Å². The minimum Gasteiger partial charge on any atom is -0.489 e. The Morgan fingerprint density at radius 2 is 1.84 bits per heavy atom. The van der Waals surface area contributed by atoms with E-state index in [1.165, 1.54) is 29.5 Å². The fourth-order valence-corrected chi connectivity index (χ4v) is 4.10. The van der Waals surface area contributed by atoms with Crippen LogP contribution < -0.4 is 10.3 Å². The topological polar surface area (TPSA) is 82.8 Å². The highest BCUT2D eigenvalue weighted by Gasteiger charge is 2.11. The van der Waals surface area contributed by atoms with Crippen molar-refractivity contribution in [3.63, 3.8) is 0 Å². The summed E-state index contributed by atoms with van der Waals surface area (Å²) in [4.78, 5) is 30.4. The predicted octanol–water partition coefficient (Wildman–Crippen LogP) is 4.32. The monoisotopic (exact) mass is 447 g/mol. The lowest BCUT2D eigenvalue weighted by molar-refractivity contribution is 0.0600. The van der Waals surface area contributed by atoms with E-state index >= 15 is 0 Å². The van der Waals surface area contributed by atoms with Crippen molar-refractivity contribution in [3.05, 3.63) is 92.3 Å². The fourth-order valence-electron chi connectivity index (χ4n) is 3.11. The highest BCUT2D eigenvalue weighted by atomic mass is 32.1. The van der Waals surface area contributed by atoms with E-state index in [4.69, 9.17) is 9.47 Å². The highest BCUT2D eigenvalue weighted by Crippen LogP contribution is 2.25. The summed E-state index contributed by atoms with van der Waals surface area (Å²) >= 11 is 1.51. The third kappa shape index (κ3) is 4.45. The fraction of sp³-hybridized carbons (Fsp3) is 0.167. The summed E-state index contributed by atoms with van der Waals surface area (Å²) in [6.07, 6.45) is 3.05. The Morgan fingerprint density at radius 1 is 1.12 bits per heavy atom. The average molecular weight is 448 g/mol. The molecule has 0 fully saturated rings. The van der Waals surface area contributed by atoms with Crippen LogP contribution in [0.3, 0.4) is 0 Å². The molecule has 7 nitrogen and oxygen atoms in total. The first-order chi connectivity index (χ1) is 15.5. The Hall–Kier alpha value is -3.78. The summed E-state index contributed by atoms with van der Waals surface area (Å²) in [6.45, 7) is 4.28. The highest BCUT2D eigenvalue weighted by molar-refractivity contribution is 7.18. The van der Waals surface area contributed by atoms with Crippen LogP contribution in [-0.2, 0) is 11.3 Å². The van der Waals surface area contributed by atoms with Crippen LogP contribution in [0.2, 0.25) is 0 Å². The molecule has 4 aromatic rings. The molecule has 2 aromatic heterocycles. The number of esters is 1. The number of aromatic nitrogens is 2. The van der Waals surface area contributed by atoms with Gasteiger partial charge in [0, 0.05) is 4.88 Å². The van der Waals surface area contributed by atoms with Crippen molar-refractivity contribution in [3.8, 4) is 5.75 Å². The molecule has 0 aliphatic carbocycles. The van der Waals surface area contributed by atoms with Gasteiger partial charge in [-0.15, -0.1) is 11.3 Å². The largest absolute Gasteiger partial charge is 0.489 e. The zero-order valence-electron chi connectivity index (χ0n) is 17.9. The van der Waals surface area contributed by atoms with Crippen LogP contribution in [0.25, 0.3) is 10.2 Å². The van der Waals surface area contributed by atoms with Crippen molar-refractivity contribution in [1.29, 1.82) is 0 Å². The summed E-state index contributed by atoms with van der Waals surface area (Å²) in [6, 6.07) is 14.4. The zero-order valence-corrected chi connectivity index (χ0v) is 18.7. The third-order valence-electron chi connectivity index (χ3n) is 5.06. The summed E-state index contributed by atoms with van der Waals surface area (Å²) in [5, 5.41) is 4.89. The molecule has 0 saturated carbocycles. The summed E-state index contributed by atoms with van der Waals surface area (Å²) in [7, 11) is 1.35. The van der Waals surface area contributed by atoms with Crippen LogP contribution in [0.4, 0.5) is 0 Å². The molecule has 0 aliphatic heterocycles. The first kappa shape index (κ1) is 21.5. The molecule has 0 aliphatic rings. The van der Waals surface area contributed by atoms with Crippen molar-refractivity contribution in [2.45, 2.75) is 20.5 Å². The number of carbonyl (C=O) groups is 1. The van der Waals surface area contributed by atoms with Crippen LogP contribution in [0, 0.1) is 13.8 Å². The number of ether oxygens (including phenoxy) is 2. The second-order valence-electron chi connectivity index (χ2n) is 7.15. The van der Waals surface area contributed by atoms with E-state index in [1.807, 2.05) is 50.2 Å². The number of hydrogen-bond acceptors (Lipinski definition) is 7. The number of aryl methyl sites for hydroxylation is 2. The Morgan fingerprint density at radius 3 is 2.53 bits per heavy atom. The van der Waals surface area contributed by atoms with Gasteiger partial charge in [0.15, 0.2) is 0 Å². The van der Waals surface area contributed by atoms with Crippen LogP contribution in [0.1, 0.15) is 31.9 Å². The lowest BCUT2D eigenvalue weighted by Gasteiger charge is -2.07. The lowest BCUT2D eigenvalue weighted by atomic mass is 10.1. The Labute approximate surface area is 188 Å². The number of fused-ring (bicyclic) bond motifs is 1. The van der Waals surface area contributed by atoms with Crippen LogP contribution in [0.5, 0.6) is 5.75 Å². The molecular formula is C24H21N3O4S. The average Bonchev–Trinajstić information content (AvgIpc) is 3.11. The maximum Gasteiger partial charge on any atom is 0.337 e. The predicted molar refractivity (Wildman–Crippen MR) is 125 cm³/mol. The van der Waals surface area contributed by atoms with Gasteiger partial charge in [-0.25, -0.2) is 9.78 Å². The molecule has 2 aromatic carbocycles. The van der Waals surface area contributed by atoms with Crippen LogP contribution in [-0.4, -0.2) is 29.0 Å². The minimum absolute atomic E-state index is 0.175. The summed E-state index contributed by atoms with van der Waals surface area (Å²) in [5.41, 5.74) is 3.03. The Kier molecular flexibility index (Phi) is 6.13. The first-order valence-corrected chi connectivity index (χ1v) is 10.7. The number of carbonyl (C=O) groups excluding carboxylic acids is 1. The molecule has 0 atom stereocenters. The first-order valence-electron chi connectivity index (χ1n) is 9.88. The maximum absolute atomic E-state index is 12.7. The Bertz CT molecular complexity index is 1350. The van der Waals surface area contributed by atoms with Gasteiger partial charge >= 0.3 is 5.97 Å². The molecule has 8 heteroatoms. The standard InChI is InChI=1S/C24H21N3O4S/c1-15-16(2)32-22-21(15)23(28)27(14-25-22)26-12-17-6-10-20(11-7-17)31-13-18-4-8-19(9-5-18)24(29)30-3/h4-12,14H,13H2,1-3H3/b26-12-. The quantitative estimate of drug-likeness (QED) is 0.325. The molecule has 4 rings (SSSR count). The van der Waals surface area contributed by atoms with Crippen molar-refractivity contribution < 1.29 is 14.3 Å². The number of nitrogens with zero attached hydrogens (tertiary/aromatic N) is 3. The maximum atomic E-state index is 12.7. The van der Waals surface area contributed by atoms with E-state index < -0.39 is 0 Å².